The molecule has 0 radical (unpaired) electrons. The Morgan fingerprint density at radius 1 is 1.19 bits per heavy atom. The van der Waals surface area contributed by atoms with Gasteiger partial charge in [0.1, 0.15) is 11.6 Å². The van der Waals surface area contributed by atoms with Crippen molar-refractivity contribution in [2.75, 3.05) is 7.11 Å². The summed E-state index contributed by atoms with van der Waals surface area (Å²) in [5.74, 6) is -0.687. The highest BCUT2D eigenvalue weighted by atomic mass is 32.2. The minimum atomic E-state index is -0.857. The maximum Gasteiger partial charge on any atom is 0.159 e. The van der Waals surface area contributed by atoms with Crippen LogP contribution in [0.4, 0.5) is 8.78 Å². The summed E-state index contributed by atoms with van der Waals surface area (Å²) in [7, 11) is 1.51. The lowest BCUT2D eigenvalue weighted by Crippen LogP contribution is -2.12. The second kappa shape index (κ2) is 6.58. The predicted molar refractivity (Wildman–Crippen MR) is 79.9 cm³/mol. The van der Waals surface area contributed by atoms with Crippen molar-refractivity contribution in [3.63, 3.8) is 0 Å². The van der Waals surface area contributed by atoms with Gasteiger partial charge in [0.05, 0.1) is 12.7 Å². The molecule has 0 fully saturated rings. The predicted octanol–water partition coefficient (Wildman–Crippen LogP) is 3.55. The van der Waals surface area contributed by atoms with Crippen LogP contribution in [0.3, 0.4) is 0 Å². The summed E-state index contributed by atoms with van der Waals surface area (Å²) < 4.78 is 31.2. The lowest BCUT2D eigenvalue weighted by molar-refractivity contribution is 0.413. The first-order chi connectivity index (χ1) is 10.0. The Hall–Kier alpha value is -2.08. The molecule has 2 aromatic rings. The average Bonchev–Trinajstić information content (AvgIpc) is 2.48. The molecule has 3 N–H and O–H groups in total. The summed E-state index contributed by atoms with van der Waals surface area (Å²) in [5.41, 5.74) is 6.92. The van der Waals surface area contributed by atoms with Gasteiger partial charge in [-0.25, -0.2) is 8.78 Å². The summed E-state index contributed by atoms with van der Waals surface area (Å²) in [6, 6.07) is 9.13. The van der Waals surface area contributed by atoms with Gasteiger partial charge in [-0.3, -0.25) is 5.41 Å². The van der Waals surface area contributed by atoms with Crippen LogP contribution in [0.1, 0.15) is 11.1 Å². The second-order valence-electron chi connectivity index (χ2n) is 4.31. The van der Waals surface area contributed by atoms with Crippen LogP contribution in [-0.4, -0.2) is 12.9 Å². The highest BCUT2D eigenvalue weighted by Crippen LogP contribution is 2.27. The molecule has 0 heterocycles. The molecule has 110 valence electrons. The number of ether oxygens (including phenoxy) is 1. The van der Waals surface area contributed by atoms with Crippen molar-refractivity contribution in [3.05, 3.63) is 59.2 Å². The number of benzene rings is 2. The Kier molecular flexibility index (Phi) is 4.80. The number of methoxy groups -OCH3 is 1. The molecular formula is C15H14F2N2OS. The standard InChI is InChI=1S/C15H14F2N2OS/c1-20-14-6-9(2-4-11(14)15(18)19)8-21-10-3-5-12(16)13(17)7-10/h2-7H,8H2,1H3,(H3,18,19). The van der Waals surface area contributed by atoms with E-state index in [0.29, 0.717) is 22.0 Å². The van der Waals surface area contributed by atoms with Crippen molar-refractivity contribution in [2.24, 2.45) is 5.73 Å². The van der Waals surface area contributed by atoms with Gasteiger partial charge in [0.25, 0.3) is 0 Å². The zero-order valence-corrected chi connectivity index (χ0v) is 12.1. The van der Waals surface area contributed by atoms with Gasteiger partial charge in [-0.15, -0.1) is 11.8 Å². The van der Waals surface area contributed by atoms with Crippen LogP contribution >= 0.6 is 11.8 Å². The molecule has 2 aromatic carbocycles. The smallest absolute Gasteiger partial charge is 0.159 e. The molecule has 0 aliphatic carbocycles. The van der Waals surface area contributed by atoms with Gasteiger partial charge >= 0.3 is 0 Å². The summed E-state index contributed by atoms with van der Waals surface area (Å²) >= 11 is 1.38. The third-order valence-electron chi connectivity index (χ3n) is 2.85. The molecule has 0 saturated heterocycles. The van der Waals surface area contributed by atoms with Gasteiger partial charge in [0.2, 0.25) is 0 Å². The van der Waals surface area contributed by atoms with Crippen LogP contribution in [0.5, 0.6) is 5.75 Å². The first kappa shape index (κ1) is 15.3. The van der Waals surface area contributed by atoms with Gasteiger partial charge in [0.15, 0.2) is 11.6 Å². The number of nitrogens with two attached hydrogens (primary N) is 1. The lowest BCUT2D eigenvalue weighted by atomic mass is 10.1. The lowest BCUT2D eigenvalue weighted by Gasteiger charge is -2.09. The van der Waals surface area contributed by atoms with Gasteiger partial charge < -0.3 is 10.5 Å². The van der Waals surface area contributed by atoms with Crippen LogP contribution in [0, 0.1) is 17.0 Å². The summed E-state index contributed by atoms with van der Waals surface area (Å²) in [4.78, 5) is 0.642. The van der Waals surface area contributed by atoms with Crippen molar-refractivity contribution >= 4 is 17.6 Å². The zero-order chi connectivity index (χ0) is 15.4. The van der Waals surface area contributed by atoms with E-state index in [1.807, 2.05) is 6.07 Å². The Balaban J connectivity index is 2.13. The number of hydrogen-bond donors (Lipinski definition) is 2. The fourth-order valence-electron chi connectivity index (χ4n) is 1.78. The molecule has 0 spiro atoms. The maximum absolute atomic E-state index is 13.1. The number of halogens is 2. The van der Waals surface area contributed by atoms with E-state index in [0.717, 1.165) is 11.6 Å². The van der Waals surface area contributed by atoms with Crippen LogP contribution in [0.15, 0.2) is 41.3 Å². The van der Waals surface area contributed by atoms with Crippen molar-refractivity contribution in [2.45, 2.75) is 10.6 Å². The summed E-state index contributed by atoms with van der Waals surface area (Å²) in [6.45, 7) is 0. The quantitative estimate of drug-likeness (QED) is 0.504. The van der Waals surface area contributed by atoms with Crippen molar-refractivity contribution in [3.8, 4) is 5.75 Å². The topological polar surface area (TPSA) is 59.1 Å². The number of thioether (sulfide) groups is 1. The summed E-state index contributed by atoms with van der Waals surface area (Å²) in [5, 5.41) is 7.45. The highest BCUT2D eigenvalue weighted by Gasteiger charge is 2.08. The van der Waals surface area contributed by atoms with Crippen molar-refractivity contribution in [1.29, 1.82) is 5.41 Å². The van der Waals surface area contributed by atoms with Crippen LogP contribution < -0.4 is 10.5 Å². The highest BCUT2D eigenvalue weighted by molar-refractivity contribution is 7.98. The molecule has 3 nitrogen and oxygen atoms in total. The van der Waals surface area contributed by atoms with E-state index in [2.05, 4.69) is 0 Å². The third-order valence-corrected chi connectivity index (χ3v) is 3.92. The van der Waals surface area contributed by atoms with E-state index >= 15 is 0 Å². The largest absolute Gasteiger partial charge is 0.496 e. The Morgan fingerprint density at radius 3 is 2.57 bits per heavy atom. The van der Waals surface area contributed by atoms with E-state index in [1.54, 1.807) is 12.1 Å². The third kappa shape index (κ3) is 3.72. The Bertz CT molecular complexity index is 677. The maximum atomic E-state index is 13.1. The number of hydrogen-bond acceptors (Lipinski definition) is 3. The molecule has 0 aromatic heterocycles. The molecule has 0 aliphatic heterocycles. The van der Waals surface area contributed by atoms with Crippen molar-refractivity contribution in [1.82, 2.24) is 0 Å². The monoisotopic (exact) mass is 308 g/mol. The molecule has 2 rings (SSSR count). The van der Waals surface area contributed by atoms with Crippen molar-refractivity contribution < 1.29 is 13.5 Å². The first-order valence-corrected chi connectivity index (χ1v) is 7.09. The zero-order valence-electron chi connectivity index (χ0n) is 11.3. The molecule has 0 unspecified atom stereocenters. The molecule has 0 aliphatic rings. The Labute approximate surface area is 125 Å². The van der Waals surface area contributed by atoms with E-state index < -0.39 is 11.6 Å². The molecule has 0 amide bonds. The van der Waals surface area contributed by atoms with Gasteiger partial charge in [0, 0.05) is 10.6 Å². The average molecular weight is 308 g/mol. The van der Waals surface area contributed by atoms with Gasteiger partial charge in [-0.05, 0) is 35.9 Å². The number of nitrogen functional groups attached to an aromatic ring is 1. The minimum Gasteiger partial charge on any atom is -0.496 e. The summed E-state index contributed by atoms with van der Waals surface area (Å²) in [6.07, 6.45) is 0. The molecule has 0 saturated carbocycles. The van der Waals surface area contributed by atoms with Crippen LogP contribution in [0.2, 0.25) is 0 Å². The molecular weight excluding hydrogens is 294 g/mol. The van der Waals surface area contributed by atoms with Gasteiger partial charge in [-0.1, -0.05) is 6.07 Å². The van der Waals surface area contributed by atoms with E-state index in [-0.39, 0.29) is 5.84 Å². The molecule has 6 heteroatoms. The SMILES string of the molecule is COc1cc(CSc2ccc(F)c(F)c2)ccc1C(=N)N. The number of amidine groups is 1. The molecule has 0 atom stereocenters. The van der Waals surface area contributed by atoms with Crippen LogP contribution in [-0.2, 0) is 5.75 Å². The normalized spacial score (nSPS) is 10.4. The van der Waals surface area contributed by atoms with E-state index in [1.165, 1.54) is 31.0 Å². The Morgan fingerprint density at radius 2 is 1.95 bits per heavy atom. The minimum absolute atomic E-state index is 0.0633. The number of nitrogens with one attached hydrogen (secondary N) is 1. The second-order valence-corrected chi connectivity index (χ2v) is 5.36. The molecule has 0 bridgehead atoms. The first-order valence-electron chi connectivity index (χ1n) is 6.10. The fourth-order valence-corrected chi connectivity index (χ4v) is 2.65. The van der Waals surface area contributed by atoms with Crippen LogP contribution in [0.25, 0.3) is 0 Å². The van der Waals surface area contributed by atoms with E-state index in [4.69, 9.17) is 15.9 Å². The number of rotatable bonds is 5. The van der Waals surface area contributed by atoms with Gasteiger partial charge in [-0.2, -0.15) is 0 Å². The van der Waals surface area contributed by atoms with E-state index in [9.17, 15) is 8.78 Å². The molecule has 21 heavy (non-hydrogen) atoms. The fraction of sp³-hybridized carbons (Fsp3) is 0.133.